The summed E-state index contributed by atoms with van der Waals surface area (Å²) in [7, 11) is 0. The molecule has 1 aliphatic rings. The van der Waals surface area contributed by atoms with E-state index in [1.54, 1.807) is 36.4 Å². The van der Waals surface area contributed by atoms with E-state index >= 15 is 0 Å². The summed E-state index contributed by atoms with van der Waals surface area (Å²) in [6, 6.07) is 25.7. The topological polar surface area (TPSA) is 87.7 Å². The van der Waals surface area contributed by atoms with Crippen LogP contribution >= 0.6 is 23.2 Å². The van der Waals surface area contributed by atoms with Crippen LogP contribution in [-0.2, 0) is 11.2 Å². The predicted octanol–water partition coefficient (Wildman–Crippen LogP) is 3.68. The molecule has 4 aromatic rings. The minimum Gasteiger partial charge on any atom is -0.549 e. The number of amides is 1. The first-order valence-electron chi connectivity index (χ1n) is 13.2. The maximum Gasteiger partial charge on any atom is 1.00 e. The quantitative estimate of drug-likeness (QED) is 0.321. The largest absolute Gasteiger partial charge is 1.00 e. The normalized spacial score (nSPS) is 13.3. The van der Waals surface area contributed by atoms with Crippen molar-refractivity contribution in [3.8, 4) is 17.2 Å². The van der Waals surface area contributed by atoms with Crippen molar-refractivity contribution in [3.63, 3.8) is 0 Å². The number of benzene rings is 4. The van der Waals surface area contributed by atoms with Crippen molar-refractivity contribution in [2.45, 2.75) is 32.6 Å². The van der Waals surface area contributed by atoms with E-state index in [1.165, 1.54) is 16.7 Å². The van der Waals surface area contributed by atoms with E-state index in [2.05, 4.69) is 24.4 Å². The number of carbonyl (C=O) groups excluding carboxylic acids is 2. The first kappa shape index (κ1) is 33.5. The van der Waals surface area contributed by atoms with Gasteiger partial charge in [-0.1, -0.05) is 59.6 Å². The van der Waals surface area contributed by atoms with Crippen molar-refractivity contribution in [2.75, 3.05) is 13.2 Å². The Kier molecular flexibility index (Phi) is 12.8. The molecular weight excluding hydrogens is 584 g/mol. The molecule has 42 heavy (non-hydrogen) atoms. The Hall–Kier alpha value is -3.00. The maximum atomic E-state index is 12.4. The van der Waals surface area contributed by atoms with Gasteiger partial charge >= 0.3 is 29.6 Å². The summed E-state index contributed by atoms with van der Waals surface area (Å²) in [6.45, 7) is 4.89. The Balaban J connectivity index is 0.000000466. The number of hydrogen-bond acceptors (Lipinski definition) is 5. The molecule has 0 radical (unpaired) electrons. The smallest absolute Gasteiger partial charge is 0.549 e. The van der Waals surface area contributed by atoms with Crippen molar-refractivity contribution >= 4 is 35.1 Å². The Morgan fingerprint density at radius 3 is 2.36 bits per heavy atom. The second kappa shape index (κ2) is 16.0. The van der Waals surface area contributed by atoms with Crippen molar-refractivity contribution in [3.05, 3.63) is 123 Å². The zero-order valence-electron chi connectivity index (χ0n) is 23.8. The van der Waals surface area contributed by atoms with Gasteiger partial charge in [0, 0.05) is 40.6 Å². The van der Waals surface area contributed by atoms with E-state index < -0.39 is 11.9 Å². The molecule has 0 fully saturated rings. The van der Waals surface area contributed by atoms with Crippen molar-refractivity contribution in [1.29, 1.82) is 0 Å². The number of ether oxygens (including phenoxy) is 2. The molecule has 5 rings (SSSR count). The van der Waals surface area contributed by atoms with E-state index in [0.29, 0.717) is 41.3 Å². The van der Waals surface area contributed by atoms with Gasteiger partial charge in [0.15, 0.2) is 0 Å². The molecule has 1 N–H and O–H groups in total. The third-order valence-electron chi connectivity index (χ3n) is 6.65. The number of hydrogen-bond donors (Lipinski definition) is 1. The summed E-state index contributed by atoms with van der Waals surface area (Å²) < 4.78 is 11.4. The van der Waals surface area contributed by atoms with Crippen LogP contribution in [0.25, 0.3) is 0 Å². The Bertz CT molecular complexity index is 1510. The monoisotopic (exact) mass is 613 g/mol. The molecule has 1 atom stereocenters. The van der Waals surface area contributed by atoms with Gasteiger partial charge in [0.1, 0.15) is 17.2 Å². The van der Waals surface area contributed by atoms with Gasteiger partial charge in [0.25, 0.3) is 5.91 Å². The van der Waals surface area contributed by atoms with Crippen LogP contribution in [0.15, 0.2) is 84.9 Å². The average Bonchev–Trinajstić information content (AvgIpc) is 2.94. The number of aliphatic carboxylic acids is 1. The minimum atomic E-state index is -1.16. The molecule has 1 heterocycles. The fourth-order valence-electron chi connectivity index (χ4n) is 4.42. The zero-order valence-corrected chi connectivity index (χ0v) is 27.3. The number of carboxylic acids is 1. The second-order valence-electron chi connectivity index (χ2n) is 9.69. The standard InChI is InChI=1S/C26H24ClNO5.C7H7Cl.Na/c1-16-4-2-3-5-17(16)10-12-28-25(29)18-6-8-19(9-7-18)33-24-15-23-21(14-22(24)27)20(26(30)31)11-13-32-23;1-6-3-2-4-7(8)5-6;/h2-9,14-15,20H,10-13H2,1H3,(H,28,29)(H,30,31);2-5H,1H3;/q;;+1/p-1. The van der Waals surface area contributed by atoms with E-state index in [0.717, 1.165) is 11.4 Å². The summed E-state index contributed by atoms with van der Waals surface area (Å²) in [5.74, 6) is -0.838. The van der Waals surface area contributed by atoms with Gasteiger partial charge in [0.05, 0.1) is 11.6 Å². The van der Waals surface area contributed by atoms with Crippen LogP contribution in [-0.4, -0.2) is 25.0 Å². The van der Waals surface area contributed by atoms with Gasteiger partial charge in [0.2, 0.25) is 0 Å². The van der Waals surface area contributed by atoms with Gasteiger partial charge in [-0.25, -0.2) is 0 Å². The summed E-state index contributed by atoms with van der Waals surface area (Å²) in [4.78, 5) is 23.8. The maximum absolute atomic E-state index is 12.4. The van der Waals surface area contributed by atoms with E-state index in [9.17, 15) is 14.7 Å². The molecular formula is C33H30Cl2NNaO5. The Labute approximate surface area is 278 Å². The Morgan fingerprint density at radius 2 is 1.71 bits per heavy atom. The number of fused-ring (bicyclic) bond motifs is 1. The molecule has 212 valence electrons. The van der Waals surface area contributed by atoms with Gasteiger partial charge in [-0.15, -0.1) is 0 Å². The third-order valence-corrected chi connectivity index (χ3v) is 7.18. The van der Waals surface area contributed by atoms with Crippen LogP contribution in [0.2, 0.25) is 10.0 Å². The number of halogens is 2. The van der Waals surface area contributed by atoms with Crippen LogP contribution in [0.3, 0.4) is 0 Å². The van der Waals surface area contributed by atoms with E-state index in [4.69, 9.17) is 32.7 Å². The van der Waals surface area contributed by atoms with E-state index in [1.807, 2.05) is 43.3 Å². The van der Waals surface area contributed by atoms with Gasteiger partial charge in [-0.2, -0.15) is 0 Å². The molecule has 0 aliphatic carbocycles. The van der Waals surface area contributed by atoms with Crippen LogP contribution in [0.1, 0.15) is 45.0 Å². The fraction of sp³-hybridized carbons (Fsp3) is 0.212. The molecule has 1 unspecified atom stereocenters. The van der Waals surface area contributed by atoms with Crippen LogP contribution < -0.4 is 49.5 Å². The summed E-state index contributed by atoms with van der Waals surface area (Å²) in [5.41, 5.74) is 4.62. The third kappa shape index (κ3) is 9.25. The SMILES string of the molecule is Cc1cccc(Cl)c1.Cc1ccccc1CCNC(=O)c1ccc(Oc2cc3c(cc2Cl)C(C(=O)[O-])CCO3)cc1.[Na+]. The first-order chi connectivity index (χ1) is 19.7. The number of aryl methyl sites for hydroxylation is 2. The van der Waals surface area contributed by atoms with Crippen molar-refractivity contribution in [2.24, 2.45) is 0 Å². The molecule has 9 heteroatoms. The average molecular weight is 615 g/mol. The van der Waals surface area contributed by atoms with Crippen LogP contribution in [0.4, 0.5) is 0 Å². The molecule has 0 aromatic heterocycles. The van der Waals surface area contributed by atoms with Crippen molar-refractivity contribution in [1.82, 2.24) is 5.32 Å². The Morgan fingerprint density at radius 1 is 0.976 bits per heavy atom. The molecule has 0 saturated carbocycles. The molecule has 6 nitrogen and oxygen atoms in total. The van der Waals surface area contributed by atoms with Crippen molar-refractivity contribution < 1.29 is 53.7 Å². The van der Waals surface area contributed by atoms with Gasteiger partial charge in [-0.05, 0) is 85.8 Å². The molecule has 4 aromatic carbocycles. The molecule has 0 saturated heterocycles. The summed E-state index contributed by atoms with van der Waals surface area (Å²) in [6.07, 6.45) is 1.09. The van der Waals surface area contributed by atoms with E-state index in [-0.39, 0.29) is 47.1 Å². The molecule has 0 spiro atoms. The number of carbonyl (C=O) groups is 2. The number of rotatable bonds is 7. The van der Waals surface area contributed by atoms with Crippen LogP contribution in [0, 0.1) is 13.8 Å². The van der Waals surface area contributed by atoms with Gasteiger partial charge < -0.3 is 24.7 Å². The number of nitrogens with one attached hydrogen (secondary N) is 1. The zero-order chi connectivity index (χ0) is 29.4. The minimum absolute atomic E-state index is 0. The summed E-state index contributed by atoms with van der Waals surface area (Å²) in [5, 5.41) is 15.4. The van der Waals surface area contributed by atoms with Crippen LogP contribution in [0.5, 0.6) is 17.2 Å². The van der Waals surface area contributed by atoms with Gasteiger partial charge in [-0.3, -0.25) is 4.79 Å². The molecule has 1 amide bonds. The molecule has 1 aliphatic heterocycles. The second-order valence-corrected chi connectivity index (χ2v) is 10.5. The predicted molar refractivity (Wildman–Crippen MR) is 159 cm³/mol. The summed E-state index contributed by atoms with van der Waals surface area (Å²) >= 11 is 12.0. The molecule has 0 bridgehead atoms. The fourth-order valence-corrected chi connectivity index (χ4v) is 4.88. The first-order valence-corrected chi connectivity index (χ1v) is 14.0. The number of carboxylic acid groups (broad SMARTS) is 1.